The second-order valence-corrected chi connectivity index (χ2v) is 4.32. The molecule has 1 N–H and O–H groups in total. The Hall–Kier alpha value is -2.24. The van der Waals surface area contributed by atoms with Crippen molar-refractivity contribution in [3.8, 4) is 11.5 Å². The molecule has 1 aromatic rings. The zero-order chi connectivity index (χ0) is 13.8. The predicted octanol–water partition coefficient (Wildman–Crippen LogP) is 0.891. The van der Waals surface area contributed by atoms with Gasteiger partial charge in [0.15, 0.2) is 11.5 Å². The van der Waals surface area contributed by atoms with E-state index in [4.69, 9.17) is 14.6 Å². The van der Waals surface area contributed by atoms with Crippen LogP contribution >= 0.6 is 0 Å². The highest BCUT2D eigenvalue weighted by atomic mass is 16.7. The number of ether oxygens (including phenoxy) is 2. The lowest BCUT2D eigenvalue weighted by molar-refractivity contribution is -0.143. The lowest BCUT2D eigenvalue weighted by atomic mass is 10.1. The molecule has 0 bridgehead atoms. The number of rotatable bonds is 5. The molecule has 0 saturated heterocycles. The van der Waals surface area contributed by atoms with Crippen LogP contribution < -0.4 is 9.47 Å². The molecule has 6 nitrogen and oxygen atoms in total. The number of aliphatic carboxylic acids is 1. The average Bonchev–Trinajstić information content (AvgIpc) is 2.82. The highest BCUT2D eigenvalue weighted by Gasteiger charge is 2.15. The third kappa shape index (κ3) is 3.37. The van der Waals surface area contributed by atoms with Crippen molar-refractivity contribution in [1.29, 1.82) is 0 Å². The van der Waals surface area contributed by atoms with Crippen LogP contribution in [0.1, 0.15) is 12.0 Å². The molecule has 1 aliphatic heterocycles. The monoisotopic (exact) mass is 265 g/mol. The highest BCUT2D eigenvalue weighted by molar-refractivity contribution is 5.93. The van der Waals surface area contributed by atoms with Crippen LogP contribution in [-0.2, 0) is 16.0 Å². The second-order valence-electron chi connectivity index (χ2n) is 4.32. The summed E-state index contributed by atoms with van der Waals surface area (Å²) >= 11 is 0. The van der Waals surface area contributed by atoms with E-state index < -0.39 is 18.3 Å². The number of carboxylic acids is 1. The number of fused-ring (bicyclic) bond motifs is 1. The van der Waals surface area contributed by atoms with Crippen LogP contribution in [0.3, 0.4) is 0 Å². The van der Waals surface area contributed by atoms with Crippen LogP contribution in [0.25, 0.3) is 0 Å². The second kappa shape index (κ2) is 5.60. The van der Waals surface area contributed by atoms with Crippen molar-refractivity contribution in [3.05, 3.63) is 23.8 Å². The van der Waals surface area contributed by atoms with E-state index in [1.54, 1.807) is 7.05 Å². The number of benzene rings is 1. The molecule has 0 radical (unpaired) electrons. The number of carboxylic acid groups (broad SMARTS) is 1. The summed E-state index contributed by atoms with van der Waals surface area (Å²) in [6.07, 6.45) is 0.163. The molecule has 2 rings (SSSR count). The Labute approximate surface area is 110 Å². The molecule has 0 atom stereocenters. The fourth-order valence-corrected chi connectivity index (χ4v) is 1.78. The van der Waals surface area contributed by atoms with Gasteiger partial charge in [-0.15, -0.1) is 0 Å². The maximum absolute atomic E-state index is 11.5. The minimum Gasteiger partial charge on any atom is -0.481 e. The van der Waals surface area contributed by atoms with E-state index in [9.17, 15) is 9.59 Å². The Balaban J connectivity index is 1.88. The minimum atomic E-state index is -1.11. The summed E-state index contributed by atoms with van der Waals surface area (Å²) in [5.74, 6) is -0.0794. The molecule has 1 aliphatic rings. The predicted molar refractivity (Wildman–Crippen MR) is 66.2 cm³/mol. The van der Waals surface area contributed by atoms with Crippen molar-refractivity contribution in [1.82, 2.24) is 4.90 Å². The quantitative estimate of drug-likeness (QED) is 0.800. The first kappa shape index (κ1) is 13.2. The van der Waals surface area contributed by atoms with Gasteiger partial charge in [-0.2, -0.15) is 0 Å². The molecule has 0 unspecified atom stereocenters. The molecular weight excluding hydrogens is 250 g/mol. The maximum atomic E-state index is 11.5. The summed E-state index contributed by atoms with van der Waals surface area (Å²) in [4.78, 5) is 23.3. The number of amides is 1. The molecule has 0 saturated carbocycles. The van der Waals surface area contributed by atoms with Gasteiger partial charge in [0.25, 0.3) is 0 Å². The number of nitrogens with zero attached hydrogens (tertiary/aromatic N) is 1. The fourth-order valence-electron chi connectivity index (χ4n) is 1.78. The van der Waals surface area contributed by atoms with Gasteiger partial charge in [0, 0.05) is 13.6 Å². The molecule has 0 fully saturated rings. The van der Waals surface area contributed by atoms with Gasteiger partial charge in [-0.3, -0.25) is 9.59 Å². The number of hydrogen-bond acceptors (Lipinski definition) is 4. The largest absolute Gasteiger partial charge is 0.481 e. The average molecular weight is 265 g/mol. The maximum Gasteiger partial charge on any atom is 0.312 e. The lowest BCUT2D eigenvalue weighted by Crippen LogP contribution is -2.30. The number of hydrogen-bond donors (Lipinski definition) is 1. The molecular formula is C13H15NO5. The van der Waals surface area contributed by atoms with E-state index in [-0.39, 0.29) is 6.79 Å². The van der Waals surface area contributed by atoms with E-state index in [1.807, 2.05) is 18.2 Å². The molecule has 1 aromatic carbocycles. The molecule has 6 heteroatoms. The Morgan fingerprint density at radius 3 is 2.79 bits per heavy atom. The van der Waals surface area contributed by atoms with Gasteiger partial charge in [0.05, 0.1) is 0 Å². The van der Waals surface area contributed by atoms with E-state index in [0.29, 0.717) is 18.7 Å². The molecule has 1 heterocycles. The molecule has 0 spiro atoms. The molecule has 19 heavy (non-hydrogen) atoms. The van der Waals surface area contributed by atoms with Gasteiger partial charge < -0.3 is 19.5 Å². The summed E-state index contributed by atoms with van der Waals surface area (Å²) in [5.41, 5.74) is 1.01. The van der Waals surface area contributed by atoms with E-state index in [2.05, 4.69) is 0 Å². The van der Waals surface area contributed by atoms with Gasteiger partial charge >= 0.3 is 5.97 Å². The summed E-state index contributed by atoms with van der Waals surface area (Å²) in [6, 6.07) is 5.61. The van der Waals surface area contributed by atoms with E-state index in [0.717, 1.165) is 11.3 Å². The van der Waals surface area contributed by atoms with Gasteiger partial charge in [-0.1, -0.05) is 6.07 Å². The minimum absolute atomic E-state index is 0.232. The Bertz CT molecular complexity index is 500. The summed E-state index contributed by atoms with van der Waals surface area (Å²) in [5, 5.41) is 8.55. The molecule has 0 aliphatic carbocycles. The number of likely N-dealkylation sites (N-methyl/N-ethyl adjacent to an activating group) is 1. The van der Waals surface area contributed by atoms with Crippen LogP contribution in [0, 0.1) is 0 Å². The van der Waals surface area contributed by atoms with Crippen LogP contribution in [0.2, 0.25) is 0 Å². The standard InChI is InChI=1S/C13H15NO5/c1-14(12(15)7-13(16)17)5-4-9-2-3-10-11(6-9)19-8-18-10/h2-3,6H,4-5,7-8H2,1H3,(H,16,17). The van der Waals surface area contributed by atoms with Crippen molar-refractivity contribution >= 4 is 11.9 Å². The lowest BCUT2D eigenvalue weighted by Gasteiger charge is -2.16. The zero-order valence-electron chi connectivity index (χ0n) is 10.6. The topological polar surface area (TPSA) is 76.1 Å². The molecule has 0 aromatic heterocycles. The van der Waals surface area contributed by atoms with Crippen molar-refractivity contribution in [3.63, 3.8) is 0 Å². The highest BCUT2D eigenvalue weighted by Crippen LogP contribution is 2.32. The molecule has 102 valence electrons. The van der Waals surface area contributed by atoms with Gasteiger partial charge in [-0.25, -0.2) is 0 Å². The first-order chi connectivity index (χ1) is 9.06. The van der Waals surface area contributed by atoms with Gasteiger partial charge in [-0.05, 0) is 24.1 Å². The van der Waals surface area contributed by atoms with Crippen LogP contribution in [0.5, 0.6) is 11.5 Å². The summed E-state index contributed by atoms with van der Waals surface area (Å²) in [7, 11) is 1.60. The number of carbonyl (C=O) groups is 2. The van der Waals surface area contributed by atoms with E-state index in [1.165, 1.54) is 4.90 Å². The zero-order valence-corrected chi connectivity index (χ0v) is 10.6. The Morgan fingerprint density at radius 1 is 1.32 bits per heavy atom. The van der Waals surface area contributed by atoms with Crippen LogP contribution in [-0.4, -0.2) is 42.3 Å². The first-order valence-electron chi connectivity index (χ1n) is 5.90. The normalized spacial score (nSPS) is 12.3. The van der Waals surface area contributed by atoms with Crippen LogP contribution in [0.4, 0.5) is 0 Å². The smallest absolute Gasteiger partial charge is 0.312 e. The Morgan fingerprint density at radius 2 is 2.05 bits per heavy atom. The SMILES string of the molecule is CN(CCc1ccc2c(c1)OCO2)C(=O)CC(=O)O. The van der Waals surface area contributed by atoms with Crippen molar-refractivity contribution in [2.24, 2.45) is 0 Å². The third-order valence-corrected chi connectivity index (χ3v) is 2.90. The Kier molecular flexibility index (Phi) is 3.89. The van der Waals surface area contributed by atoms with Crippen molar-refractivity contribution < 1.29 is 24.2 Å². The first-order valence-corrected chi connectivity index (χ1v) is 5.90. The van der Waals surface area contributed by atoms with Crippen molar-refractivity contribution in [2.75, 3.05) is 20.4 Å². The molecule has 1 amide bonds. The summed E-state index contributed by atoms with van der Waals surface area (Å²) < 4.78 is 10.5. The number of carbonyl (C=O) groups excluding carboxylic acids is 1. The van der Waals surface area contributed by atoms with Crippen molar-refractivity contribution in [2.45, 2.75) is 12.8 Å². The van der Waals surface area contributed by atoms with Gasteiger partial charge in [0.1, 0.15) is 6.42 Å². The van der Waals surface area contributed by atoms with Crippen LogP contribution in [0.15, 0.2) is 18.2 Å². The fraction of sp³-hybridized carbons (Fsp3) is 0.385. The summed E-state index contributed by atoms with van der Waals surface area (Å²) in [6.45, 7) is 0.696. The van der Waals surface area contributed by atoms with E-state index >= 15 is 0 Å². The van der Waals surface area contributed by atoms with Gasteiger partial charge in [0.2, 0.25) is 12.7 Å². The third-order valence-electron chi connectivity index (χ3n) is 2.90.